The van der Waals surface area contributed by atoms with Crippen molar-refractivity contribution in [2.24, 2.45) is 17.6 Å². The van der Waals surface area contributed by atoms with Crippen LogP contribution < -0.4 is 11.1 Å². The standard InChI is InChI=1S/C17H30N4O4/c1-9(2)13(19-15(22)10(3)20(4)17(24)25)16(23)21-8-7-11-5-6-12(18)14(11)21/h9-14H,5-8,18H2,1-4H3,(H,19,22)(H,24,25)/t10-,11+,12-,13-,14?/m0/s1. The summed E-state index contributed by atoms with van der Waals surface area (Å²) in [7, 11) is 1.33. The lowest BCUT2D eigenvalue weighted by Crippen LogP contribution is -2.57. The number of rotatable bonds is 5. The van der Waals surface area contributed by atoms with E-state index in [1.54, 1.807) is 0 Å². The van der Waals surface area contributed by atoms with Crippen LogP contribution in [-0.2, 0) is 9.59 Å². The summed E-state index contributed by atoms with van der Waals surface area (Å²) in [6.45, 7) is 5.92. The number of amides is 3. The van der Waals surface area contributed by atoms with Gasteiger partial charge in [0.2, 0.25) is 11.8 Å². The summed E-state index contributed by atoms with van der Waals surface area (Å²) in [6.07, 6.45) is 1.75. The van der Waals surface area contributed by atoms with Gasteiger partial charge in [-0.3, -0.25) is 14.5 Å². The molecule has 8 nitrogen and oxygen atoms in total. The van der Waals surface area contributed by atoms with Crippen molar-refractivity contribution in [2.75, 3.05) is 13.6 Å². The molecule has 0 bridgehead atoms. The number of nitrogens with zero attached hydrogens (tertiary/aromatic N) is 2. The number of nitrogens with two attached hydrogens (primary N) is 1. The van der Waals surface area contributed by atoms with Crippen LogP contribution in [0.4, 0.5) is 4.79 Å². The Balaban J connectivity index is 2.08. The molecule has 1 heterocycles. The number of likely N-dealkylation sites (tertiary alicyclic amines) is 1. The van der Waals surface area contributed by atoms with Crippen molar-refractivity contribution in [3.8, 4) is 0 Å². The molecule has 0 aromatic carbocycles. The summed E-state index contributed by atoms with van der Waals surface area (Å²) in [5.41, 5.74) is 6.19. The van der Waals surface area contributed by atoms with E-state index in [1.807, 2.05) is 18.7 Å². The third-order valence-electron chi connectivity index (χ3n) is 5.67. The van der Waals surface area contributed by atoms with Gasteiger partial charge in [0.25, 0.3) is 0 Å². The van der Waals surface area contributed by atoms with E-state index in [4.69, 9.17) is 10.8 Å². The van der Waals surface area contributed by atoms with Crippen molar-refractivity contribution in [3.63, 3.8) is 0 Å². The van der Waals surface area contributed by atoms with E-state index in [0.29, 0.717) is 12.5 Å². The van der Waals surface area contributed by atoms with Crippen LogP contribution in [0.15, 0.2) is 0 Å². The molecule has 142 valence electrons. The summed E-state index contributed by atoms with van der Waals surface area (Å²) in [5, 5.41) is 11.8. The van der Waals surface area contributed by atoms with Crippen molar-refractivity contribution in [1.29, 1.82) is 0 Å². The number of carboxylic acid groups (broad SMARTS) is 1. The highest BCUT2D eigenvalue weighted by Gasteiger charge is 2.46. The molecule has 1 saturated heterocycles. The highest BCUT2D eigenvalue weighted by Crippen LogP contribution is 2.37. The fourth-order valence-corrected chi connectivity index (χ4v) is 3.92. The lowest BCUT2D eigenvalue weighted by atomic mass is 10.00. The number of carbonyl (C=O) groups excluding carboxylic acids is 2. The number of hydrogen-bond acceptors (Lipinski definition) is 4. The molecule has 25 heavy (non-hydrogen) atoms. The molecule has 0 radical (unpaired) electrons. The van der Waals surface area contributed by atoms with Gasteiger partial charge in [0.05, 0.1) is 0 Å². The Kier molecular flexibility index (Phi) is 5.92. The molecule has 4 N–H and O–H groups in total. The van der Waals surface area contributed by atoms with E-state index in [-0.39, 0.29) is 23.9 Å². The zero-order valence-corrected chi connectivity index (χ0v) is 15.4. The predicted octanol–water partition coefficient (Wildman–Crippen LogP) is 0.464. The topological polar surface area (TPSA) is 116 Å². The van der Waals surface area contributed by atoms with Gasteiger partial charge in [-0.15, -0.1) is 0 Å². The van der Waals surface area contributed by atoms with Crippen LogP contribution in [0, 0.1) is 11.8 Å². The Morgan fingerprint density at radius 1 is 1.20 bits per heavy atom. The minimum atomic E-state index is -1.19. The lowest BCUT2D eigenvalue weighted by molar-refractivity contribution is -0.139. The molecule has 5 atom stereocenters. The van der Waals surface area contributed by atoms with E-state index in [1.165, 1.54) is 14.0 Å². The zero-order valence-electron chi connectivity index (χ0n) is 15.4. The SMILES string of the molecule is CC(C)[C@H](NC(=O)[C@H](C)N(C)C(=O)O)C(=O)N1CC[C@H]2CC[C@H](N)C21. The van der Waals surface area contributed by atoms with E-state index >= 15 is 0 Å². The van der Waals surface area contributed by atoms with Crippen molar-refractivity contribution in [1.82, 2.24) is 15.1 Å². The average Bonchev–Trinajstić information content (AvgIpc) is 3.13. The van der Waals surface area contributed by atoms with Gasteiger partial charge in [0.1, 0.15) is 12.1 Å². The number of likely N-dealkylation sites (N-methyl/N-ethyl adjacent to an activating group) is 1. The molecule has 2 aliphatic rings. The first-order valence-corrected chi connectivity index (χ1v) is 8.97. The molecular formula is C17H30N4O4. The maximum atomic E-state index is 13.1. The molecule has 2 fully saturated rings. The van der Waals surface area contributed by atoms with Crippen LogP contribution in [0.25, 0.3) is 0 Å². The second-order valence-electron chi connectivity index (χ2n) is 7.61. The van der Waals surface area contributed by atoms with Crippen molar-refractivity contribution < 1.29 is 19.5 Å². The highest BCUT2D eigenvalue weighted by molar-refractivity contribution is 5.91. The highest BCUT2D eigenvalue weighted by atomic mass is 16.4. The van der Waals surface area contributed by atoms with Crippen LogP contribution in [0.2, 0.25) is 0 Å². The van der Waals surface area contributed by atoms with Gasteiger partial charge in [0.15, 0.2) is 0 Å². The van der Waals surface area contributed by atoms with Gasteiger partial charge in [-0.05, 0) is 38.0 Å². The zero-order chi connectivity index (χ0) is 18.9. The summed E-state index contributed by atoms with van der Waals surface area (Å²) < 4.78 is 0. The lowest BCUT2D eigenvalue weighted by Gasteiger charge is -2.33. The third kappa shape index (κ3) is 3.89. The fraction of sp³-hybridized carbons (Fsp3) is 0.824. The Hall–Kier alpha value is -1.83. The van der Waals surface area contributed by atoms with Gasteiger partial charge in [-0.2, -0.15) is 0 Å². The molecule has 2 rings (SSSR count). The summed E-state index contributed by atoms with van der Waals surface area (Å²) in [6, 6.07) is -1.49. The first-order chi connectivity index (χ1) is 11.6. The monoisotopic (exact) mass is 354 g/mol. The van der Waals surface area contributed by atoms with E-state index in [9.17, 15) is 14.4 Å². The number of hydrogen-bond donors (Lipinski definition) is 3. The predicted molar refractivity (Wildman–Crippen MR) is 92.8 cm³/mol. The molecule has 1 saturated carbocycles. The maximum absolute atomic E-state index is 13.1. The number of fused-ring (bicyclic) bond motifs is 1. The first-order valence-electron chi connectivity index (χ1n) is 8.97. The Bertz CT molecular complexity index is 539. The van der Waals surface area contributed by atoms with Gasteiger partial charge in [-0.1, -0.05) is 13.8 Å². The fourth-order valence-electron chi connectivity index (χ4n) is 3.92. The van der Waals surface area contributed by atoms with Gasteiger partial charge in [0, 0.05) is 25.7 Å². The second kappa shape index (κ2) is 7.59. The Morgan fingerprint density at radius 2 is 1.84 bits per heavy atom. The Labute approximate surface area is 148 Å². The molecule has 0 aromatic rings. The molecule has 3 amide bonds. The largest absolute Gasteiger partial charge is 0.465 e. The number of nitrogens with one attached hydrogen (secondary N) is 1. The molecule has 0 aromatic heterocycles. The summed E-state index contributed by atoms with van der Waals surface area (Å²) >= 11 is 0. The smallest absolute Gasteiger partial charge is 0.407 e. The van der Waals surface area contributed by atoms with Crippen LogP contribution in [0.1, 0.15) is 40.0 Å². The molecule has 0 spiro atoms. The van der Waals surface area contributed by atoms with E-state index < -0.39 is 24.1 Å². The second-order valence-corrected chi connectivity index (χ2v) is 7.61. The van der Waals surface area contributed by atoms with Gasteiger partial charge in [-0.25, -0.2) is 4.79 Å². The molecule has 8 heteroatoms. The average molecular weight is 354 g/mol. The molecule has 1 aliphatic heterocycles. The van der Waals surface area contributed by atoms with Crippen molar-refractivity contribution in [2.45, 2.75) is 64.2 Å². The summed E-state index contributed by atoms with van der Waals surface area (Å²) in [5.74, 6) is -0.225. The first kappa shape index (κ1) is 19.5. The molecular weight excluding hydrogens is 324 g/mol. The minimum Gasteiger partial charge on any atom is -0.465 e. The van der Waals surface area contributed by atoms with Gasteiger partial charge < -0.3 is 21.1 Å². The van der Waals surface area contributed by atoms with Crippen LogP contribution >= 0.6 is 0 Å². The van der Waals surface area contributed by atoms with Crippen LogP contribution in [-0.4, -0.2) is 70.6 Å². The van der Waals surface area contributed by atoms with Crippen LogP contribution in [0.5, 0.6) is 0 Å². The summed E-state index contributed by atoms with van der Waals surface area (Å²) in [4.78, 5) is 39.3. The van der Waals surface area contributed by atoms with Crippen molar-refractivity contribution in [3.05, 3.63) is 0 Å². The van der Waals surface area contributed by atoms with Crippen LogP contribution in [0.3, 0.4) is 0 Å². The maximum Gasteiger partial charge on any atom is 0.407 e. The minimum absolute atomic E-state index is 0.00275. The quantitative estimate of drug-likeness (QED) is 0.663. The third-order valence-corrected chi connectivity index (χ3v) is 5.67. The van der Waals surface area contributed by atoms with E-state index in [0.717, 1.165) is 24.2 Å². The molecule has 1 unspecified atom stereocenters. The number of carbonyl (C=O) groups is 3. The normalized spacial score (nSPS) is 27.8. The molecule has 1 aliphatic carbocycles. The van der Waals surface area contributed by atoms with Crippen molar-refractivity contribution >= 4 is 17.9 Å². The van der Waals surface area contributed by atoms with Gasteiger partial charge >= 0.3 is 6.09 Å². The van der Waals surface area contributed by atoms with E-state index in [2.05, 4.69) is 5.32 Å². The Morgan fingerprint density at radius 3 is 2.40 bits per heavy atom.